The molecule has 0 aliphatic carbocycles. The molecule has 0 aliphatic rings. The average Bonchev–Trinajstić information content (AvgIpc) is 3.07. The topological polar surface area (TPSA) is 50.2 Å². The largest absolute Gasteiger partial charge is 0.481 e. The molecule has 2 heterocycles. The van der Waals surface area contributed by atoms with E-state index in [-0.39, 0.29) is 6.42 Å². The molecule has 0 saturated carbocycles. The molecule has 2 aromatic carbocycles. The molecule has 0 atom stereocenters. The van der Waals surface area contributed by atoms with Crippen molar-refractivity contribution in [2.24, 2.45) is 0 Å². The third-order valence-corrected chi connectivity index (χ3v) is 5.65. The summed E-state index contributed by atoms with van der Waals surface area (Å²) < 4.78 is 0. The Bertz CT molecular complexity index is 1130. The minimum atomic E-state index is -0.843. The van der Waals surface area contributed by atoms with Crippen LogP contribution >= 0.6 is 11.3 Å². The molecule has 0 unspecified atom stereocenters. The molecule has 0 spiro atoms. The van der Waals surface area contributed by atoms with E-state index in [1.807, 2.05) is 25.1 Å². The van der Waals surface area contributed by atoms with Crippen LogP contribution in [0.1, 0.15) is 16.8 Å². The molecule has 4 rings (SSSR count). The van der Waals surface area contributed by atoms with Crippen LogP contribution in [-0.4, -0.2) is 16.1 Å². The maximum atomic E-state index is 11.6. The van der Waals surface area contributed by atoms with Gasteiger partial charge in [0.15, 0.2) is 0 Å². The van der Waals surface area contributed by atoms with E-state index in [9.17, 15) is 9.90 Å². The molecule has 0 amide bonds. The first-order valence-corrected chi connectivity index (χ1v) is 9.67. The second-order valence-corrected chi connectivity index (χ2v) is 7.54. The molecular weight excluding hydrogens is 354 g/mol. The molecule has 4 aromatic rings. The van der Waals surface area contributed by atoms with E-state index >= 15 is 0 Å². The first-order chi connectivity index (χ1) is 13.0. The fourth-order valence-corrected chi connectivity index (χ4v) is 4.46. The van der Waals surface area contributed by atoms with Gasteiger partial charge in [-0.2, -0.15) is 0 Å². The molecule has 4 heteroatoms. The Labute approximate surface area is 162 Å². The van der Waals surface area contributed by atoms with Crippen molar-refractivity contribution in [1.29, 1.82) is 0 Å². The molecule has 0 bridgehead atoms. The third kappa shape index (κ3) is 3.24. The van der Waals surface area contributed by atoms with Gasteiger partial charge in [-0.3, -0.25) is 4.79 Å². The Hall–Kier alpha value is -2.98. The molecule has 0 radical (unpaired) electrons. The number of benzene rings is 2. The predicted octanol–water partition coefficient (Wildman–Crippen LogP) is 5.87. The van der Waals surface area contributed by atoms with E-state index in [0.29, 0.717) is 0 Å². The van der Waals surface area contributed by atoms with Crippen LogP contribution in [0, 0.1) is 13.8 Å². The summed E-state index contributed by atoms with van der Waals surface area (Å²) in [6.07, 6.45) is -0.0396. The highest BCUT2D eigenvalue weighted by atomic mass is 32.1. The number of aryl methyl sites for hydroxylation is 2. The van der Waals surface area contributed by atoms with Gasteiger partial charge in [-0.25, -0.2) is 4.98 Å². The lowest BCUT2D eigenvalue weighted by molar-refractivity contribution is -0.136. The van der Waals surface area contributed by atoms with Crippen molar-refractivity contribution in [1.82, 2.24) is 4.98 Å². The Morgan fingerprint density at radius 3 is 2.37 bits per heavy atom. The van der Waals surface area contributed by atoms with Crippen LogP contribution in [0.5, 0.6) is 0 Å². The Morgan fingerprint density at radius 2 is 1.70 bits per heavy atom. The second kappa shape index (κ2) is 6.97. The molecular formula is C23H19NO2S. The van der Waals surface area contributed by atoms with Crippen molar-refractivity contribution in [3.8, 4) is 22.3 Å². The van der Waals surface area contributed by atoms with Crippen molar-refractivity contribution in [3.05, 3.63) is 76.8 Å². The fourth-order valence-electron chi connectivity index (χ4n) is 3.46. The lowest BCUT2D eigenvalue weighted by atomic mass is 9.91. The quantitative estimate of drug-likeness (QED) is 0.486. The van der Waals surface area contributed by atoms with Gasteiger partial charge in [0.05, 0.1) is 6.42 Å². The van der Waals surface area contributed by atoms with Crippen molar-refractivity contribution >= 4 is 27.5 Å². The highest BCUT2D eigenvalue weighted by Crippen LogP contribution is 2.42. The van der Waals surface area contributed by atoms with Gasteiger partial charge in [0.1, 0.15) is 4.83 Å². The van der Waals surface area contributed by atoms with Crippen LogP contribution in [0.4, 0.5) is 0 Å². The average molecular weight is 373 g/mol. The van der Waals surface area contributed by atoms with Gasteiger partial charge < -0.3 is 5.11 Å². The van der Waals surface area contributed by atoms with Gasteiger partial charge in [-0.15, -0.1) is 11.3 Å². The molecule has 2 aromatic heterocycles. The summed E-state index contributed by atoms with van der Waals surface area (Å²) in [5.41, 5.74) is 6.97. The summed E-state index contributed by atoms with van der Waals surface area (Å²) in [6, 6.07) is 18.5. The molecule has 27 heavy (non-hydrogen) atoms. The first-order valence-electron chi connectivity index (χ1n) is 8.79. The summed E-state index contributed by atoms with van der Waals surface area (Å²) >= 11 is 1.60. The van der Waals surface area contributed by atoms with Gasteiger partial charge in [0, 0.05) is 22.0 Å². The van der Waals surface area contributed by atoms with Crippen molar-refractivity contribution in [2.75, 3.05) is 0 Å². The zero-order valence-corrected chi connectivity index (χ0v) is 16.0. The van der Waals surface area contributed by atoms with E-state index in [2.05, 4.69) is 48.7 Å². The minimum Gasteiger partial charge on any atom is -0.481 e. The molecule has 0 saturated heterocycles. The van der Waals surface area contributed by atoms with Crippen LogP contribution in [0.3, 0.4) is 0 Å². The second-order valence-electron chi connectivity index (χ2n) is 6.68. The van der Waals surface area contributed by atoms with Gasteiger partial charge in [-0.05, 0) is 36.1 Å². The predicted molar refractivity (Wildman–Crippen MR) is 111 cm³/mol. The van der Waals surface area contributed by atoms with Crippen LogP contribution < -0.4 is 0 Å². The summed E-state index contributed by atoms with van der Waals surface area (Å²) in [7, 11) is 0. The number of pyridine rings is 1. The van der Waals surface area contributed by atoms with E-state index in [1.54, 1.807) is 11.3 Å². The SMILES string of the molecule is Cc1ccc(-c2c(CC(=O)O)c(C)nc3scc(-c4ccccc4)c23)cc1. The Morgan fingerprint density at radius 1 is 1.00 bits per heavy atom. The maximum Gasteiger partial charge on any atom is 0.307 e. The van der Waals surface area contributed by atoms with E-state index in [4.69, 9.17) is 4.98 Å². The van der Waals surface area contributed by atoms with Crippen LogP contribution in [-0.2, 0) is 11.2 Å². The fraction of sp³-hybridized carbons (Fsp3) is 0.130. The van der Waals surface area contributed by atoms with E-state index in [1.165, 1.54) is 5.56 Å². The number of carboxylic acids is 1. The van der Waals surface area contributed by atoms with Crippen molar-refractivity contribution < 1.29 is 9.90 Å². The first kappa shape index (κ1) is 17.4. The zero-order chi connectivity index (χ0) is 19.0. The van der Waals surface area contributed by atoms with Crippen molar-refractivity contribution in [3.63, 3.8) is 0 Å². The standard InChI is InChI=1S/C23H19NO2S/c1-14-8-10-17(11-9-14)21-18(12-20(25)26)15(2)24-23-22(21)19(13-27-23)16-6-4-3-5-7-16/h3-11,13H,12H2,1-2H3,(H,25,26). The number of aliphatic carboxylic acids is 1. The van der Waals surface area contributed by atoms with E-state index in [0.717, 1.165) is 43.7 Å². The summed E-state index contributed by atoms with van der Waals surface area (Å²) in [5.74, 6) is -0.843. The highest BCUT2D eigenvalue weighted by molar-refractivity contribution is 7.17. The molecule has 1 N–H and O–H groups in total. The molecule has 3 nitrogen and oxygen atoms in total. The molecule has 0 fully saturated rings. The number of carboxylic acid groups (broad SMARTS) is 1. The van der Waals surface area contributed by atoms with Gasteiger partial charge in [0.2, 0.25) is 0 Å². The highest BCUT2D eigenvalue weighted by Gasteiger charge is 2.20. The maximum absolute atomic E-state index is 11.6. The summed E-state index contributed by atoms with van der Waals surface area (Å²) in [6.45, 7) is 3.95. The third-order valence-electron chi connectivity index (χ3n) is 4.78. The van der Waals surface area contributed by atoms with Gasteiger partial charge in [0.25, 0.3) is 0 Å². The number of thiophene rings is 1. The number of carbonyl (C=O) groups is 1. The number of nitrogens with zero attached hydrogens (tertiary/aromatic N) is 1. The molecule has 134 valence electrons. The number of hydrogen-bond donors (Lipinski definition) is 1. The lowest BCUT2D eigenvalue weighted by Crippen LogP contribution is -2.06. The monoisotopic (exact) mass is 373 g/mol. The van der Waals surface area contributed by atoms with Gasteiger partial charge >= 0.3 is 5.97 Å². The van der Waals surface area contributed by atoms with Crippen molar-refractivity contribution in [2.45, 2.75) is 20.3 Å². The molecule has 0 aliphatic heterocycles. The van der Waals surface area contributed by atoms with Crippen LogP contribution in [0.2, 0.25) is 0 Å². The number of hydrogen-bond acceptors (Lipinski definition) is 3. The number of fused-ring (bicyclic) bond motifs is 1. The van der Waals surface area contributed by atoms with E-state index < -0.39 is 5.97 Å². The van der Waals surface area contributed by atoms with Crippen LogP contribution in [0.25, 0.3) is 32.5 Å². The number of aromatic nitrogens is 1. The van der Waals surface area contributed by atoms with Gasteiger partial charge in [-0.1, -0.05) is 60.2 Å². The number of rotatable bonds is 4. The zero-order valence-electron chi connectivity index (χ0n) is 15.2. The normalized spacial score (nSPS) is 11.0. The Balaban J connectivity index is 2.10. The Kier molecular flexibility index (Phi) is 4.50. The minimum absolute atomic E-state index is 0.0396. The lowest BCUT2D eigenvalue weighted by Gasteiger charge is -2.15. The summed E-state index contributed by atoms with van der Waals surface area (Å²) in [4.78, 5) is 17.2. The smallest absolute Gasteiger partial charge is 0.307 e. The summed E-state index contributed by atoms with van der Waals surface area (Å²) in [5, 5.41) is 12.6. The van der Waals surface area contributed by atoms with Crippen LogP contribution in [0.15, 0.2) is 60.0 Å².